The van der Waals surface area contributed by atoms with Crippen LogP contribution in [0.25, 0.3) is 0 Å². The fourth-order valence-corrected chi connectivity index (χ4v) is 6.22. The van der Waals surface area contributed by atoms with Crippen LogP contribution in [-0.2, 0) is 22.9 Å². The molecule has 0 radical (unpaired) electrons. The average molecular weight is 535 g/mol. The van der Waals surface area contributed by atoms with E-state index in [1.807, 2.05) is 30.3 Å². The Morgan fingerprint density at radius 2 is 1.94 bits per heavy atom. The maximum atomic E-state index is 12.3. The summed E-state index contributed by atoms with van der Waals surface area (Å²) in [5.74, 6) is 0.867. The third-order valence-electron chi connectivity index (χ3n) is 6.35. The molecule has 2 aromatic rings. The Morgan fingerprint density at radius 1 is 1.12 bits per heavy atom. The zero-order chi connectivity index (χ0) is 22.7. The molecule has 0 amide bonds. The lowest BCUT2D eigenvalue weighted by atomic mass is 9.76. The number of sulfonamides is 1. The first-order valence-corrected chi connectivity index (χ1v) is 13.3. The van der Waals surface area contributed by atoms with Crippen molar-refractivity contribution in [3.63, 3.8) is 0 Å². The second-order valence-electron chi connectivity index (χ2n) is 8.52. The van der Waals surface area contributed by atoms with E-state index in [-0.39, 0.29) is 42.8 Å². The van der Waals surface area contributed by atoms with Gasteiger partial charge >= 0.3 is 0 Å². The highest BCUT2D eigenvalue weighted by Crippen LogP contribution is 2.36. The molecule has 3 unspecified atom stereocenters. The SMILES string of the molecule is Cl.NC1CCc2ccc(OCCNS(=O)(=O)C3CCNC3)cc2C1Cc1ccc(Cl)c(Cl)c1. The van der Waals surface area contributed by atoms with Crippen LogP contribution in [0.1, 0.15) is 35.4 Å². The Labute approximate surface area is 212 Å². The first-order valence-electron chi connectivity index (χ1n) is 11.0. The number of hydrogen-bond acceptors (Lipinski definition) is 5. The molecule has 0 saturated carbocycles. The Morgan fingerprint density at radius 3 is 2.67 bits per heavy atom. The monoisotopic (exact) mass is 533 g/mol. The summed E-state index contributed by atoms with van der Waals surface area (Å²) in [4.78, 5) is 0. The molecule has 4 N–H and O–H groups in total. The fraction of sp³-hybridized carbons (Fsp3) is 0.478. The van der Waals surface area contributed by atoms with Gasteiger partial charge in [0.1, 0.15) is 12.4 Å². The van der Waals surface area contributed by atoms with Gasteiger partial charge in [0.05, 0.1) is 15.3 Å². The van der Waals surface area contributed by atoms with Crippen molar-refractivity contribution in [3.05, 3.63) is 63.1 Å². The predicted molar refractivity (Wildman–Crippen MR) is 137 cm³/mol. The molecule has 2 aliphatic rings. The van der Waals surface area contributed by atoms with Crippen molar-refractivity contribution < 1.29 is 13.2 Å². The molecule has 182 valence electrons. The molecule has 1 heterocycles. The number of nitrogens with one attached hydrogen (secondary N) is 2. The summed E-state index contributed by atoms with van der Waals surface area (Å²) in [7, 11) is -3.32. The van der Waals surface area contributed by atoms with Crippen molar-refractivity contribution in [2.24, 2.45) is 5.73 Å². The summed E-state index contributed by atoms with van der Waals surface area (Å²) >= 11 is 12.3. The van der Waals surface area contributed by atoms with E-state index in [1.165, 1.54) is 11.1 Å². The largest absolute Gasteiger partial charge is 0.492 e. The molecule has 0 bridgehead atoms. The topological polar surface area (TPSA) is 93.4 Å². The number of nitrogens with two attached hydrogens (primary N) is 1. The van der Waals surface area contributed by atoms with Crippen LogP contribution >= 0.6 is 35.6 Å². The van der Waals surface area contributed by atoms with E-state index in [0.717, 1.165) is 37.1 Å². The van der Waals surface area contributed by atoms with Crippen molar-refractivity contribution >= 4 is 45.6 Å². The van der Waals surface area contributed by atoms with Gasteiger partial charge in [-0.25, -0.2) is 13.1 Å². The van der Waals surface area contributed by atoms with Crippen LogP contribution in [0.2, 0.25) is 10.0 Å². The summed E-state index contributed by atoms with van der Waals surface area (Å²) in [6, 6.07) is 11.8. The van der Waals surface area contributed by atoms with E-state index < -0.39 is 10.0 Å². The minimum atomic E-state index is -3.32. The normalized spacial score (nSPS) is 22.5. The Balaban J connectivity index is 0.00000306. The molecule has 1 aliphatic carbocycles. The van der Waals surface area contributed by atoms with E-state index in [9.17, 15) is 8.42 Å². The van der Waals surface area contributed by atoms with Crippen LogP contribution in [0, 0.1) is 0 Å². The van der Waals surface area contributed by atoms with Crippen LogP contribution < -0.4 is 20.5 Å². The molecule has 6 nitrogen and oxygen atoms in total. The van der Waals surface area contributed by atoms with E-state index in [4.69, 9.17) is 33.7 Å². The number of aryl methyl sites for hydroxylation is 1. The van der Waals surface area contributed by atoms with Gasteiger partial charge < -0.3 is 15.8 Å². The quantitative estimate of drug-likeness (QED) is 0.449. The van der Waals surface area contributed by atoms with Crippen LogP contribution in [0.3, 0.4) is 0 Å². The van der Waals surface area contributed by atoms with Crippen molar-refractivity contribution in [1.29, 1.82) is 0 Å². The molecule has 1 fully saturated rings. The lowest BCUT2D eigenvalue weighted by Gasteiger charge is -2.32. The highest BCUT2D eigenvalue weighted by molar-refractivity contribution is 7.90. The van der Waals surface area contributed by atoms with Gasteiger partial charge in [-0.05, 0) is 73.2 Å². The predicted octanol–water partition coefficient (Wildman–Crippen LogP) is 3.68. The van der Waals surface area contributed by atoms with E-state index in [2.05, 4.69) is 16.1 Å². The van der Waals surface area contributed by atoms with E-state index >= 15 is 0 Å². The van der Waals surface area contributed by atoms with Crippen LogP contribution in [-0.4, -0.2) is 46.0 Å². The van der Waals surface area contributed by atoms with Crippen LogP contribution in [0.15, 0.2) is 36.4 Å². The molecule has 3 atom stereocenters. The molecule has 0 spiro atoms. The minimum Gasteiger partial charge on any atom is -0.492 e. The third kappa shape index (κ3) is 6.54. The van der Waals surface area contributed by atoms with Gasteiger partial charge in [0.15, 0.2) is 0 Å². The number of halogens is 3. The maximum absolute atomic E-state index is 12.3. The summed E-state index contributed by atoms with van der Waals surface area (Å²) in [6.45, 7) is 1.74. The van der Waals surface area contributed by atoms with Crippen molar-refractivity contribution in [2.45, 2.75) is 42.9 Å². The van der Waals surface area contributed by atoms with Gasteiger partial charge in [0.25, 0.3) is 0 Å². The zero-order valence-electron chi connectivity index (χ0n) is 18.2. The second-order valence-corrected chi connectivity index (χ2v) is 11.4. The maximum Gasteiger partial charge on any atom is 0.215 e. The second kappa shape index (κ2) is 11.6. The molecule has 0 aromatic heterocycles. The molecule has 10 heteroatoms. The number of rotatable bonds is 8. The summed E-state index contributed by atoms with van der Waals surface area (Å²) in [5, 5.41) is 3.80. The van der Waals surface area contributed by atoms with Gasteiger partial charge in [-0.3, -0.25) is 0 Å². The van der Waals surface area contributed by atoms with Gasteiger partial charge in [0.2, 0.25) is 10.0 Å². The third-order valence-corrected chi connectivity index (χ3v) is 8.97. The molecule has 1 aliphatic heterocycles. The van der Waals surface area contributed by atoms with Crippen molar-refractivity contribution in [1.82, 2.24) is 10.0 Å². The standard InChI is InChI=1S/C23H29Cl2N3O3S.ClH/c24-21-5-1-15(12-22(21)25)11-20-19-13-17(4-2-16(19)3-6-23(20)26)31-10-9-28-32(29,30)18-7-8-27-14-18;/h1-2,4-5,12-13,18,20,23,27-28H,3,6-11,14,26H2;1H. The Hall–Kier alpha value is -1.06. The van der Waals surface area contributed by atoms with Gasteiger partial charge in [0, 0.05) is 25.0 Å². The number of fused-ring (bicyclic) bond motifs is 1. The molecular weight excluding hydrogens is 505 g/mol. The van der Waals surface area contributed by atoms with Gasteiger partial charge in [-0.15, -0.1) is 12.4 Å². The smallest absolute Gasteiger partial charge is 0.215 e. The summed E-state index contributed by atoms with van der Waals surface area (Å²) < 4.78 is 33.1. The van der Waals surface area contributed by atoms with Gasteiger partial charge in [-0.2, -0.15) is 0 Å². The molecule has 33 heavy (non-hydrogen) atoms. The zero-order valence-corrected chi connectivity index (χ0v) is 21.4. The van der Waals surface area contributed by atoms with E-state index in [1.54, 1.807) is 0 Å². The molecule has 2 aromatic carbocycles. The van der Waals surface area contributed by atoms with E-state index in [0.29, 0.717) is 23.0 Å². The Kier molecular flexibility index (Phi) is 9.31. The molecule has 1 saturated heterocycles. The lowest BCUT2D eigenvalue weighted by molar-refractivity contribution is 0.321. The molecule has 4 rings (SSSR count). The minimum absolute atomic E-state index is 0. The highest BCUT2D eigenvalue weighted by Gasteiger charge is 2.29. The first kappa shape index (κ1) is 26.5. The van der Waals surface area contributed by atoms with Crippen LogP contribution in [0.5, 0.6) is 5.75 Å². The van der Waals surface area contributed by atoms with Crippen LogP contribution in [0.4, 0.5) is 0 Å². The number of benzene rings is 2. The van der Waals surface area contributed by atoms with Gasteiger partial charge in [-0.1, -0.05) is 35.3 Å². The first-order chi connectivity index (χ1) is 15.3. The van der Waals surface area contributed by atoms with Crippen molar-refractivity contribution in [3.8, 4) is 5.75 Å². The van der Waals surface area contributed by atoms with Crippen molar-refractivity contribution in [2.75, 3.05) is 26.2 Å². The highest BCUT2D eigenvalue weighted by atomic mass is 35.5. The summed E-state index contributed by atoms with van der Waals surface area (Å²) in [5.41, 5.74) is 10.1. The summed E-state index contributed by atoms with van der Waals surface area (Å²) in [6.07, 6.45) is 3.27. The molecular formula is C23H30Cl3N3O3S. The fourth-order valence-electron chi connectivity index (χ4n) is 4.54. The number of hydrogen-bond donors (Lipinski definition) is 3. The average Bonchev–Trinajstić information content (AvgIpc) is 3.32. The number of ether oxygens (including phenoxy) is 1. The lowest BCUT2D eigenvalue weighted by Crippen LogP contribution is -2.37. The Bertz CT molecular complexity index is 1060.